The van der Waals surface area contributed by atoms with Crippen LogP contribution < -0.4 is 11.1 Å². The van der Waals surface area contributed by atoms with Crippen LogP contribution in [0.15, 0.2) is 0 Å². The number of nitrogens with one attached hydrogen (secondary N) is 1. The van der Waals surface area contributed by atoms with Crippen LogP contribution >= 0.6 is 0 Å². The predicted molar refractivity (Wildman–Crippen MR) is 37.4 cm³/mol. The lowest BCUT2D eigenvalue weighted by atomic mass is 10.3. The molecule has 0 aliphatic carbocycles. The normalized spacial score (nSPS) is 9.00. The smallest absolute Gasteiger partial charge is 0.233 e. The molecule has 0 bridgehead atoms. The molecule has 0 aromatic rings. The van der Waals surface area contributed by atoms with Crippen molar-refractivity contribution in [2.24, 2.45) is 5.73 Å². The fourth-order valence-corrected chi connectivity index (χ4v) is 0.450. The molecular formula is C6H12N2O2. The summed E-state index contributed by atoms with van der Waals surface area (Å²) in [5, 5.41) is 2.48. The van der Waals surface area contributed by atoms with Gasteiger partial charge in [-0.3, -0.25) is 9.59 Å². The van der Waals surface area contributed by atoms with Gasteiger partial charge in [0.1, 0.15) is 5.78 Å². The van der Waals surface area contributed by atoms with Gasteiger partial charge >= 0.3 is 0 Å². The maximum atomic E-state index is 10.4. The monoisotopic (exact) mass is 144 g/mol. The largest absolute Gasteiger partial charge is 0.355 e. The van der Waals surface area contributed by atoms with Gasteiger partial charge in [0.25, 0.3) is 0 Å². The SMILES string of the molecule is CC(=O)CCNC(=O)CN. The minimum Gasteiger partial charge on any atom is -0.355 e. The molecule has 58 valence electrons. The van der Waals surface area contributed by atoms with Gasteiger partial charge in [-0.2, -0.15) is 0 Å². The van der Waals surface area contributed by atoms with E-state index in [9.17, 15) is 9.59 Å². The molecular weight excluding hydrogens is 132 g/mol. The summed E-state index contributed by atoms with van der Waals surface area (Å²) in [6.45, 7) is 1.86. The van der Waals surface area contributed by atoms with E-state index in [1.54, 1.807) is 0 Å². The van der Waals surface area contributed by atoms with Crippen LogP contribution in [-0.2, 0) is 9.59 Å². The Hall–Kier alpha value is -0.900. The van der Waals surface area contributed by atoms with Gasteiger partial charge < -0.3 is 11.1 Å². The van der Waals surface area contributed by atoms with Crippen LogP contribution in [0.25, 0.3) is 0 Å². The van der Waals surface area contributed by atoms with Crippen molar-refractivity contribution in [3.8, 4) is 0 Å². The van der Waals surface area contributed by atoms with Crippen molar-refractivity contribution in [3.63, 3.8) is 0 Å². The fraction of sp³-hybridized carbons (Fsp3) is 0.667. The first-order valence-electron chi connectivity index (χ1n) is 3.13. The third-order valence-corrected chi connectivity index (χ3v) is 0.985. The van der Waals surface area contributed by atoms with Crippen LogP contribution in [0, 0.1) is 0 Å². The summed E-state index contributed by atoms with van der Waals surface area (Å²) in [6.07, 6.45) is 0.381. The summed E-state index contributed by atoms with van der Waals surface area (Å²) >= 11 is 0. The number of carbonyl (C=O) groups excluding carboxylic acids is 2. The number of rotatable bonds is 4. The van der Waals surface area contributed by atoms with Crippen molar-refractivity contribution in [3.05, 3.63) is 0 Å². The second-order valence-electron chi connectivity index (χ2n) is 2.01. The van der Waals surface area contributed by atoms with E-state index in [4.69, 9.17) is 5.73 Å². The highest BCUT2D eigenvalue weighted by molar-refractivity contribution is 5.79. The van der Waals surface area contributed by atoms with E-state index in [1.165, 1.54) is 6.92 Å². The zero-order valence-corrected chi connectivity index (χ0v) is 6.02. The van der Waals surface area contributed by atoms with Crippen LogP contribution in [0.5, 0.6) is 0 Å². The lowest BCUT2D eigenvalue weighted by Crippen LogP contribution is -2.31. The Morgan fingerprint density at radius 1 is 1.50 bits per heavy atom. The fourth-order valence-electron chi connectivity index (χ4n) is 0.450. The third kappa shape index (κ3) is 5.24. The molecule has 4 heteroatoms. The van der Waals surface area contributed by atoms with Crippen molar-refractivity contribution >= 4 is 11.7 Å². The number of hydrogen-bond acceptors (Lipinski definition) is 3. The first-order valence-corrected chi connectivity index (χ1v) is 3.13. The quantitative estimate of drug-likeness (QED) is 0.533. The maximum absolute atomic E-state index is 10.4. The molecule has 0 aromatic heterocycles. The second-order valence-corrected chi connectivity index (χ2v) is 2.01. The molecule has 3 N–H and O–H groups in total. The van der Waals surface area contributed by atoms with Crippen molar-refractivity contribution in [2.45, 2.75) is 13.3 Å². The Bertz CT molecular complexity index is 134. The van der Waals surface area contributed by atoms with Gasteiger partial charge in [0.2, 0.25) is 5.91 Å². The lowest BCUT2D eigenvalue weighted by Gasteiger charge is -1.99. The Morgan fingerprint density at radius 3 is 2.50 bits per heavy atom. The molecule has 0 aliphatic rings. The third-order valence-electron chi connectivity index (χ3n) is 0.985. The van der Waals surface area contributed by atoms with Crippen LogP contribution in [-0.4, -0.2) is 24.8 Å². The van der Waals surface area contributed by atoms with Crippen molar-refractivity contribution in [2.75, 3.05) is 13.1 Å². The number of amides is 1. The van der Waals surface area contributed by atoms with E-state index in [0.29, 0.717) is 13.0 Å². The highest BCUT2D eigenvalue weighted by Gasteiger charge is 1.96. The van der Waals surface area contributed by atoms with Crippen molar-refractivity contribution in [1.29, 1.82) is 0 Å². The standard InChI is InChI=1S/C6H12N2O2/c1-5(9)2-3-8-6(10)4-7/h2-4,7H2,1H3,(H,8,10). The summed E-state index contributed by atoms with van der Waals surface area (Å²) in [4.78, 5) is 20.8. The van der Waals surface area contributed by atoms with Gasteiger partial charge in [0, 0.05) is 13.0 Å². The zero-order chi connectivity index (χ0) is 7.98. The van der Waals surface area contributed by atoms with Crippen LogP contribution in [0.4, 0.5) is 0 Å². The highest BCUT2D eigenvalue weighted by Crippen LogP contribution is 1.76. The number of ketones is 1. The molecule has 0 heterocycles. The number of carbonyl (C=O) groups is 2. The van der Waals surface area contributed by atoms with Crippen LogP contribution in [0.1, 0.15) is 13.3 Å². The average Bonchev–Trinajstić information content (AvgIpc) is 1.87. The summed E-state index contributed by atoms with van der Waals surface area (Å²) in [5.41, 5.74) is 4.99. The molecule has 4 nitrogen and oxygen atoms in total. The average molecular weight is 144 g/mol. The van der Waals surface area contributed by atoms with Gasteiger partial charge in [-0.15, -0.1) is 0 Å². The van der Waals surface area contributed by atoms with Crippen molar-refractivity contribution < 1.29 is 9.59 Å². The Kier molecular flexibility index (Phi) is 4.49. The molecule has 0 saturated heterocycles. The molecule has 0 spiro atoms. The zero-order valence-electron chi connectivity index (χ0n) is 6.02. The molecule has 0 unspecified atom stereocenters. The van der Waals surface area contributed by atoms with Gasteiger partial charge in [-0.1, -0.05) is 0 Å². The molecule has 0 fully saturated rings. The molecule has 10 heavy (non-hydrogen) atoms. The number of nitrogens with two attached hydrogens (primary N) is 1. The molecule has 0 saturated carbocycles. The van der Waals surface area contributed by atoms with Gasteiger partial charge in [0.05, 0.1) is 6.54 Å². The van der Waals surface area contributed by atoms with Crippen LogP contribution in [0.3, 0.4) is 0 Å². The summed E-state index contributed by atoms with van der Waals surface area (Å²) in [6, 6.07) is 0. The number of hydrogen-bond donors (Lipinski definition) is 2. The van der Waals surface area contributed by atoms with E-state index in [1.807, 2.05) is 0 Å². The minimum atomic E-state index is -0.221. The summed E-state index contributed by atoms with van der Waals surface area (Å²) in [5.74, 6) is -0.154. The topological polar surface area (TPSA) is 72.2 Å². The molecule has 0 aliphatic heterocycles. The van der Waals surface area contributed by atoms with E-state index in [-0.39, 0.29) is 18.2 Å². The van der Waals surface area contributed by atoms with Crippen molar-refractivity contribution in [1.82, 2.24) is 5.32 Å². The first kappa shape index (κ1) is 9.10. The first-order chi connectivity index (χ1) is 4.66. The Labute approximate surface area is 59.8 Å². The van der Waals surface area contributed by atoms with E-state index in [2.05, 4.69) is 5.32 Å². The Morgan fingerprint density at radius 2 is 2.10 bits per heavy atom. The minimum absolute atomic E-state index is 0.0160. The Balaban J connectivity index is 3.20. The molecule has 1 amide bonds. The summed E-state index contributed by atoms with van der Waals surface area (Å²) in [7, 11) is 0. The number of Topliss-reactive ketones (excluding diaryl/α,β-unsaturated/α-hetero) is 1. The predicted octanol–water partition coefficient (Wildman–Crippen LogP) is -0.960. The van der Waals surface area contributed by atoms with Gasteiger partial charge in [-0.05, 0) is 6.92 Å². The second kappa shape index (κ2) is 4.93. The van der Waals surface area contributed by atoms with Gasteiger partial charge in [-0.25, -0.2) is 0 Å². The van der Waals surface area contributed by atoms with E-state index in [0.717, 1.165) is 0 Å². The van der Waals surface area contributed by atoms with Crippen LogP contribution in [0.2, 0.25) is 0 Å². The summed E-state index contributed by atoms with van der Waals surface area (Å²) < 4.78 is 0. The molecule has 0 radical (unpaired) electrons. The van der Waals surface area contributed by atoms with E-state index >= 15 is 0 Å². The lowest BCUT2D eigenvalue weighted by molar-refractivity contribution is -0.120. The van der Waals surface area contributed by atoms with Gasteiger partial charge in [0.15, 0.2) is 0 Å². The highest BCUT2D eigenvalue weighted by atomic mass is 16.2. The van der Waals surface area contributed by atoms with E-state index < -0.39 is 0 Å². The molecule has 0 rings (SSSR count). The maximum Gasteiger partial charge on any atom is 0.233 e. The molecule has 0 aromatic carbocycles. The molecule has 0 atom stereocenters.